The third-order valence-corrected chi connectivity index (χ3v) is 4.03. The molecule has 0 spiro atoms. The zero-order chi connectivity index (χ0) is 17.7. The molecule has 1 fully saturated rings. The first kappa shape index (κ1) is 18.0. The van der Waals surface area contributed by atoms with Crippen molar-refractivity contribution in [1.29, 1.82) is 0 Å². The van der Waals surface area contributed by atoms with Gasteiger partial charge in [-0.1, -0.05) is 18.0 Å². The van der Waals surface area contributed by atoms with Gasteiger partial charge in [0.15, 0.2) is 11.9 Å². The minimum atomic E-state index is -1.01. The second-order valence-corrected chi connectivity index (χ2v) is 6.11. The molecule has 0 radical (unpaired) electrons. The Kier molecular flexibility index (Phi) is 5.94. The van der Waals surface area contributed by atoms with E-state index in [-0.39, 0.29) is 17.6 Å². The third kappa shape index (κ3) is 4.81. The molecule has 1 aromatic rings. The molecule has 1 saturated carbocycles. The molecular weight excluding hydrogens is 314 g/mol. The molecule has 2 amide bonds. The first-order valence-corrected chi connectivity index (χ1v) is 8.08. The largest absolute Gasteiger partial charge is 0.451 e. The van der Waals surface area contributed by atoms with E-state index in [2.05, 4.69) is 15.8 Å². The average Bonchev–Trinajstić information content (AvgIpc) is 3.16. The van der Waals surface area contributed by atoms with Gasteiger partial charge in [0, 0.05) is 13.0 Å². The van der Waals surface area contributed by atoms with Crippen LogP contribution in [0.1, 0.15) is 45.3 Å². The van der Waals surface area contributed by atoms with Gasteiger partial charge >= 0.3 is 5.97 Å². The van der Waals surface area contributed by atoms with E-state index in [1.165, 1.54) is 13.8 Å². The maximum atomic E-state index is 12.4. The summed E-state index contributed by atoms with van der Waals surface area (Å²) in [5.41, 5.74) is 0. The number of rotatable bonds is 6. The monoisotopic (exact) mass is 337 g/mol. The summed E-state index contributed by atoms with van der Waals surface area (Å²) < 4.78 is 10.1. The topological polar surface area (TPSA) is 111 Å². The van der Waals surface area contributed by atoms with Gasteiger partial charge in [0.25, 0.3) is 5.91 Å². The third-order valence-electron chi connectivity index (χ3n) is 4.03. The van der Waals surface area contributed by atoms with E-state index >= 15 is 0 Å². The number of nitrogens with one attached hydrogen (secondary N) is 2. The summed E-state index contributed by atoms with van der Waals surface area (Å²) in [6, 6.07) is 0.847. The highest BCUT2D eigenvalue weighted by Crippen LogP contribution is 2.28. The SMILES string of the molecule is CC(=O)N[C@@H](C(=O)O[C@@H](C)C(=O)Nc1cc(C)on1)C1CCCC1. The summed E-state index contributed by atoms with van der Waals surface area (Å²) in [4.78, 5) is 35.8. The van der Waals surface area contributed by atoms with Gasteiger partial charge in [0.2, 0.25) is 5.91 Å². The lowest BCUT2D eigenvalue weighted by Crippen LogP contribution is -2.47. The van der Waals surface area contributed by atoms with E-state index in [9.17, 15) is 14.4 Å². The number of amides is 2. The molecule has 8 nitrogen and oxygen atoms in total. The van der Waals surface area contributed by atoms with Gasteiger partial charge in [-0.05, 0) is 32.6 Å². The van der Waals surface area contributed by atoms with Gasteiger partial charge in [0.05, 0.1) is 0 Å². The molecule has 0 saturated heterocycles. The Morgan fingerprint density at radius 1 is 1.33 bits per heavy atom. The Labute approximate surface area is 140 Å². The molecule has 0 aliphatic heterocycles. The molecule has 1 aliphatic rings. The first-order valence-electron chi connectivity index (χ1n) is 8.08. The van der Waals surface area contributed by atoms with Crippen molar-refractivity contribution in [3.8, 4) is 0 Å². The Morgan fingerprint density at radius 2 is 2.00 bits per heavy atom. The van der Waals surface area contributed by atoms with Gasteiger partial charge in [-0.2, -0.15) is 0 Å². The number of ether oxygens (including phenoxy) is 1. The van der Waals surface area contributed by atoms with Crippen LogP contribution in [0.15, 0.2) is 10.6 Å². The summed E-state index contributed by atoms with van der Waals surface area (Å²) >= 11 is 0. The van der Waals surface area contributed by atoms with Crippen molar-refractivity contribution in [2.24, 2.45) is 5.92 Å². The second-order valence-electron chi connectivity index (χ2n) is 6.11. The van der Waals surface area contributed by atoms with Gasteiger partial charge < -0.3 is 19.9 Å². The van der Waals surface area contributed by atoms with Gasteiger partial charge in [-0.3, -0.25) is 9.59 Å². The van der Waals surface area contributed by atoms with Crippen molar-refractivity contribution in [3.05, 3.63) is 11.8 Å². The van der Waals surface area contributed by atoms with E-state index in [1.54, 1.807) is 13.0 Å². The number of aromatic nitrogens is 1. The predicted molar refractivity (Wildman–Crippen MR) is 85.0 cm³/mol. The predicted octanol–water partition coefficient (Wildman–Crippen LogP) is 1.55. The van der Waals surface area contributed by atoms with Crippen LogP contribution in [0.25, 0.3) is 0 Å². The summed E-state index contributed by atoms with van der Waals surface area (Å²) in [5, 5.41) is 8.81. The lowest BCUT2D eigenvalue weighted by atomic mass is 9.98. The van der Waals surface area contributed by atoms with Crippen LogP contribution in [0.2, 0.25) is 0 Å². The summed E-state index contributed by atoms with van der Waals surface area (Å²) in [5.74, 6) is -0.522. The minimum absolute atomic E-state index is 0.0508. The molecule has 132 valence electrons. The highest BCUT2D eigenvalue weighted by Gasteiger charge is 2.34. The number of anilines is 1. The highest BCUT2D eigenvalue weighted by atomic mass is 16.5. The zero-order valence-electron chi connectivity index (χ0n) is 14.1. The quantitative estimate of drug-likeness (QED) is 0.762. The molecule has 0 unspecified atom stereocenters. The van der Waals surface area contributed by atoms with Crippen LogP contribution in [0.3, 0.4) is 0 Å². The van der Waals surface area contributed by atoms with Crippen LogP contribution >= 0.6 is 0 Å². The normalized spacial score (nSPS) is 17.1. The minimum Gasteiger partial charge on any atom is -0.451 e. The molecule has 1 heterocycles. The van der Waals surface area contributed by atoms with Crippen LogP contribution in [-0.2, 0) is 19.1 Å². The number of esters is 1. The summed E-state index contributed by atoms with van der Waals surface area (Å²) in [6.45, 7) is 4.53. The van der Waals surface area contributed by atoms with Crippen molar-refractivity contribution in [3.63, 3.8) is 0 Å². The fraction of sp³-hybridized carbons (Fsp3) is 0.625. The number of carbonyl (C=O) groups excluding carboxylic acids is 3. The fourth-order valence-corrected chi connectivity index (χ4v) is 2.83. The van der Waals surface area contributed by atoms with Crippen LogP contribution in [-0.4, -0.2) is 35.1 Å². The van der Waals surface area contributed by atoms with E-state index in [0.717, 1.165) is 25.7 Å². The lowest BCUT2D eigenvalue weighted by Gasteiger charge is -2.24. The maximum Gasteiger partial charge on any atom is 0.329 e. The molecular formula is C16H23N3O5. The molecule has 24 heavy (non-hydrogen) atoms. The molecule has 0 bridgehead atoms. The second kappa shape index (κ2) is 7.94. The smallest absolute Gasteiger partial charge is 0.329 e. The van der Waals surface area contributed by atoms with Gasteiger partial charge in [0.1, 0.15) is 11.8 Å². The van der Waals surface area contributed by atoms with E-state index in [4.69, 9.17) is 9.26 Å². The average molecular weight is 337 g/mol. The van der Waals surface area contributed by atoms with Gasteiger partial charge in [-0.25, -0.2) is 4.79 Å². The van der Waals surface area contributed by atoms with Crippen LogP contribution < -0.4 is 10.6 Å². The van der Waals surface area contributed by atoms with Crippen LogP contribution in [0.5, 0.6) is 0 Å². The van der Waals surface area contributed by atoms with Crippen molar-refractivity contribution >= 4 is 23.6 Å². The molecule has 1 aliphatic carbocycles. The lowest BCUT2D eigenvalue weighted by molar-refractivity contribution is -0.157. The van der Waals surface area contributed by atoms with Gasteiger partial charge in [-0.15, -0.1) is 0 Å². The first-order chi connectivity index (χ1) is 11.4. The summed E-state index contributed by atoms with van der Waals surface area (Å²) in [7, 11) is 0. The van der Waals surface area contributed by atoms with E-state index in [1.807, 2.05) is 0 Å². The molecule has 8 heteroatoms. The molecule has 0 aromatic carbocycles. The molecule has 2 rings (SSSR count). The Balaban J connectivity index is 1.94. The Bertz CT molecular complexity index is 607. The number of nitrogens with zero attached hydrogens (tertiary/aromatic N) is 1. The zero-order valence-corrected chi connectivity index (χ0v) is 14.1. The number of carbonyl (C=O) groups is 3. The molecule has 1 aromatic heterocycles. The number of hydrogen-bond donors (Lipinski definition) is 2. The Hall–Kier alpha value is -2.38. The summed E-state index contributed by atoms with van der Waals surface area (Å²) in [6.07, 6.45) is 2.76. The van der Waals surface area contributed by atoms with E-state index in [0.29, 0.717) is 5.76 Å². The van der Waals surface area contributed by atoms with Crippen molar-refractivity contribution in [2.75, 3.05) is 5.32 Å². The maximum absolute atomic E-state index is 12.4. The van der Waals surface area contributed by atoms with Crippen molar-refractivity contribution in [2.45, 2.75) is 58.6 Å². The number of hydrogen-bond acceptors (Lipinski definition) is 6. The molecule has 2 atom stereocenters. The number of aryl methyl sites for hydroxylation is 1. The molecule has 2 N–H and O–H groups in total. The van der Waals surface area contributed by atoms with Crippen molar-refractivity contribution < 1.29 is 23.6 Å². The Morgan fingerprint density at radius 3 is 2.54 bits per heavy atom. The standard InChI is InChI=1S/C16H23N3O5/c1-9-8-13(19-24-9)18-15(21)10(2)23-16(22)14(17-11(3)20)12-6-4-5-7-12/h8,10,12,14H,4-7H2,1-3H3,(H,17,20)(H,18,19,21)/t10-,14+/m0/s1. The van der Waals surface area contributed by atoms with Crippen LogP contribution in [0.4, 0.5) is 5.82 Å². The fourth-order valence-electron chi connectivity index (χ4n) is 2.83. The highest BCUT2D eigenvalue weighted by molar-refractivity contribution is 5.95. The van der Waals surface area contributed by atoms with E-state index < -0.39 is 24.0 Å². The van der Waals surface area contributed by atoms with Crippen LogP contribution in [0, 0.1) is 12.8 Å². The van der Waals surface area contributed by atoms with Crippen molar-refractivity contribution in [1.82, 2.24) is 10.5 Å².